The van der Waals surface area contributed by atoms with E-state index in [1.54, 1.807) is 36.5 Å². The second-order valence-electron chi connectivity index (χ2n) is 4.58. The number of fused-ring (bicyclic) bond motifs is 1. The molecule has 7 heteroatoms. The third kappa shape index (κ3) is 2.86. The molecular formula is C15H11Cl2N3O2. The molecule has 3 aromatic rings. The molecule has 0 radical (unpaired) electrons. The van der Waals surface area contributed by atoms with E-state index in [1.807, 2.05) is 0 Å². The van der Waals surface area contributed by atoms with Crippen molar-refractivity contribution in [3.05, 3.63) is 56.4 Å². The molecule has 0 fully saturated rings. The monoisotopic (exact) mass is 335 g/mol. The Morgan fingerprint density at radius 3 is 2.68 bits per heavy atom. The zero-order chi connectivity index (χ0) is 15.7. The van der Waals surface area contributed by atoms with Gasteiger partial charge in [0.1, 0.15) is 5.75 Å². The van der Waals surface area contributed by atoms with Crippen molar-refractivity contribution in [2.24, 2.45) is 4.99 Å². The van der Waals surface area contributed by atoms with Gasteiger partial charge in [0, 0.05) is 16.8 Å². The molecule has 2 aromatic carbocycles. The first-order valence-corrected chi connectivity index (χ1v) is 7.11. The predicted octanol–water partition coefficient (Wildman–Crippen LogP) is 3.92. The number of hydrogen-bond donors (Lipinski definition) is 2. The number of aliphatic imine (C=N–C) groups is 1. The van der Waals surface area contributed by atoms with Gasteiger partial charge >= 0.3 is 5.69 Å². The van der Waals surface area contributed by atoms with E-state index in [0.717, 1.165) is 5.52 Å². The van der Waals surface area contributed by atoms with E-state index in [-0.39, 0.29) is 5.69 Å². The van der Waals surface area contributed by atoms with Crippen LogP contribution in [0, 0.1) is 0 Å². The van der Waals surface area contributed by atoms with Crippen LogP contribution in [0.3, 0.4) is 0 Å². The summed E-state index contributed by atoms with van der Waals surface area (Å²) in [5.74, 6) is 0.506. The van der Waals surface area contributed by atoms with E-state index in [2.05, 4.69) is 15.0 Å². The van der Waals surface area contributed by atoms with Crippen LogP contribution in [0.5, 0.6) is 5.75 Å². The van der Waals surface area contributed by atoms with Crippen LogP contribution in [0.15, 0.2) is 40.1 Å². The van der Waals surface area contributed by atoms with Gasteiger partial charge in [0.05, 0.1) is 28.9 Å². The number of methoxy groups -OCH3 is 1. The fourth-order valence-electron chi connectivity index (χ4n) is 2.14. The van der Waals surface area contributed by atoms with Crippen molar-refractivity contribution in [2.45, 2.75) is 0 Å². The second kappa shape index (κ2) is 5.87. The van der Waals surface area contributed by atoms with Crippen LogP contribution < -0.4 is 10.4 Å². The van der Waals surface area contributed by atoms with Crippen LogP contribution in [-0.4, -0.2) is 23.3 Å². The third-order valence-corrected chi connectivity index (χ3v) is 3.59. The summed E-state index contributed by atoms with van der Waals surface area (Å²) in [6, 6.07) is 8.66. The predicted molar refractivity (Wildman–Crippen MR) is 89.2 cm³/mol. The van der Waals surface area contributed by atoms with Crippen LogP contribution in [0.4, 0.5) is 5.69 Å². The third-order valence-electron chi connectivity index (χ3n) is 3.09. The quantitative estimate of drug-likeness (QED) is 0.712. The molecule has 0 aliphatic carbocycles. The van der Waals surface area contributed by atoms with E-state index >= 15 is 0 Å². The lowest BCUT2D eigenvalue weighted by molar-refractivity contribution is 0.414. The number of aromatic nitrogens is 2. The lowest BCUT2D eigenvalue weighted by Crippen LogP contribution is -1.99. The van der Waals surface area contributed by atoms with Crippen molar-refractivity contribution in [1.29, 1.82) is 0 Å². The smallest absolute Gasteiger partial charge is 0.323 e. The zero-order valence-corrected chi connectivity index (χ0v) is 13.0. The molecule has 112 valence electrons. The number of H-pyrrole nitrogens is 2. The Morgan fingerprint density at radius 1 is 1.14 bits per heavy atom. The number of hydrogen-bond acceptors (Lipinski definition) is 3. The van der Waals surface area contributed by atoms with E-state index in [0.29, 0.717) is 32.6 Å². The van der Waals surface area contributed by atoms with Crippen molar-refractivity contribution in [3.63, 3.8) is 0 Å². The standard InChI is InChI=1S/C15H11Cl2N3O2/c1-22-14-8(4-9(16)5-11(14)17)7-18-10-2-3-12-13(6-10)20-15(21)19-12/h2-7H,1H3,(H2,19,20,21). The maximum absolute atomic E-state index is 11.2. The van der Waals surface area contributed by atoms with Gasteiger partial charge < -0.3 is 14.7 Å². The van der Waals surface area contributed by atoms with Gasteiger partial charge in [-0.1, -0.05) is 23.2 Å². The number of rotatable bonds is 3. The topological polar surface area (TPSA) is 70.2 Å². The van der Waals surface area contributed by atoms with Gasteiger partial charge in [-0.25, -0.2) is 4.79 Å². The highest BCUT2D eigenvalue weighted by Gasteiger charge is 2.08. The molecule has 0 spiro atoms. The number of benzene rings is 2. The fourth-order valence-corrected chi connectivity index (χ4v) is 2.72. The molecule has 1 aromatic heterocycles. The van der Waals surface area contributed by atoms with Gasteiger partial charge in [-0.05, 0) is 30.3 Å². The Hall–Kier alpha value is -2.24. The molecule has 0 atom stereocenters. The van der Waals surface area contributed by atoms with Crippen molar-refractivity contribution in [3.8, 4) is 5.75 Å². The number of aromatic amines is 2. The first kappa shape index (κ1) is 14.7. The Labute approximate surface area is 135 Å². The van der Waals surface area contributed by atoms with Gasteiger partial charge in [-0.2, -0.15) is 0 Å². The SMILES string of the molecule is COc1c(Cl)cc(Cl)cc1C=Nc1ccc2[nH]c(=O)[nH]c2c1. The molecule has 0 aliphatic rings. The molecule has 22 heavy (non-hydrogen) atoms. The summed E-state index contributed by atoms with van der Waals surface area (Å²) >= 11 is 12.1. The molecule has 0 saturated carbocycles. The summed E-state index contributed by atoms with van der Waals surface area (Å²) in [4.78, 5) is 21.0. The molecule has 3 rings (SSSR count). The highest BCUT2D eigenvalue weighted by Crippen LogP contribution is 2.31. The molecule has 0 aliphatic heterocycles. The largest absolute Gasteiger partial charge is 0.495 e. The van der Waals surface area contributed by atoms with Crippen LogP contribution >= 0.6 is 23.2 Å². The average Bonchev–Trinajstić information content (AvgIpc) is 2.83. The second-order valence-corrected chi connectivity index (χ2v) is 5.42. The minimum Gasteiger partial charge on any atom is -0.495 e. The molecule has 0 bridgehead atoms. The number of imidazole rings is 1. The Kier molecular flexibility index (Phi) is 3.92. The number of halogens is 2. The highest BCUT2D eigenvalue weighted by molar-refractivity contribution is 6.36. The van der Waals surface area contributed by atoms with Gasteiger partial charge in [-0.3, -0.25) is 4.99 Å². The summed E-state index contributed by atoms with van der Waals surface area (Å²) in [7, 11) is 1.53. The van der Waals surface area contributed by atoms with E-state index in [9.17, 15) is 4.79 Å². The van der Waals surface area contributed by atoms with Crippen LogP contribution in [0.25, 0.3) is 11.0 Å². The minimum absolute atomic E-state index is 0.251. The number of ether oxygens (including phenoxy) is 1. The summed E-state index contributed by atoms with van der Waals surface area (Å²) in [6.45, 7) is 0. The molecule has 0 saturated heterocycles. The normalized spacial score (nSPS) is 11.4. The van der Waals surface area contributed by atoms with Gasteiger partial charge in [0.15, 0.2) is 0 Å². The van der Waals surface area contributed by atoms with Gasteiger partial charge in [0.25, 0.3) is 0 Å². The van der Waals surface area contributed by atoms with E-state index in [1.165, 1.54) is 7.11 Å². The Bertz CT molecular complexity index is 928. The summed E-state index contributed by atoms with van der Waals surface area (Å²) in [5, 5.41) is 0.916. The average molecular weight is 336 g/mol. The lowest BCUT2D eigenvalue weighted by Gasteiger charge is -2.07. The van der Waals surface area contributed by atoms with Crippen molar-refractivity contribution >= 4 is 46.1 Å². The van der Waals surface area contributed by atoms with E-state index < -0.39 is 0 Å². The molecule has 5 nitrogen and oxygen atoms in total. The Balaban J connectivity index is 2.00. The molecule has 1 heterocycles. The summed E-state index contributed by atoms with van der Waals surface area (Å²) in [5.41, 5.74) is 2.52. The summed E-state index contributed by atoms with van der Waals surface area (Å²) in [6.07, 6.45) is 1.61. The highest BCUT2D eigenvalue weighted by atomic mass is 35.5. The van der Waals surface area contributed by atoms with Crippen molar-refractivity contribution < 1.29 is 4.74 Å². The molecule has 2 N–H and O–H groups in total. The maximum Gasteiger partial charge on any atom is 0.323 e. The van der Waals surface area contributed by atoms with Crippen LogP contribution in [0.1, 0.15) is 5.56 Å². The first-order valence-electron chi connectivity index (χ1n) is 6.36. The molecule has 0 amide bonds. The van der Waals surface area contributed by atoms with Crippen LogP contribution in [0.2, 0.25) is 10.0 Å². The molecule has 0 unspecified atom stereocenters. The Morgan fingerprint density at radius 2 is 1.91 bits per heavy atom. The van der Waals surface area contributed by atoms with Crippen molar-refractivity contribution in [2.75, 3.05) is 7.11 Å². The van der Waals surface area contributed by atoms with Gasteiger partial charge in [0.2, 0.25) is 0 Å². The number of nitrogens with one attached hydrogen (secondary N) is 2. The van der Waals surface area contributed by atoms with Crippen molar-refractivity contribution in [1.82, 2.24) is 9.97 Å². The van der Waals surface area contributed by atoms with Gasteiger partial charge in [-0.15, -0.1) is 0 Å². The fraction of sp³-hybridized carbons (Fsp3) is 0.0667. The number of nitrogens with zero attached hydrogens (tertiary/aromatic N) is 1. The maximum atomic E-state index is 11.2. The lowest BCUT2D eigenvalue weighted by atomic mass is 10.2. The first-order chi connectivity index (χ1) is 10.6. The molecular weight excluding hydrogens is 325 g/mol. The zero-order valence-electron chi connectivity index (χ0n) is 11.5. The van der Waals surface area contributed by atoms with Crippen LogP contribution in [-0.2, 0) is 0 Å². The summed E-state index contributed by atoms with van der Waals surface area (Å²) < 4.78 is 5.26. The van der Waals surface area contributed by atoms with E-state index in [4.69, 9.17) is 27.9 Å². The minimum atomic E-state index is -0.251.